The lowest BCUT2D eigenvalue weighted by molar-refractivity contribution is -0.350. The summed E-state index contributed by atoms with van der Waals surface area (Å²) in [4.78, 5) is 23.1. The highest BCUT2D eigenvalue weighted by Gasteiger charge is 2.53. The Morgan fingerprint density at radius 1 is 0.714 bits per heavy atom. The van der Waals surface area contributed by atoms with E-state index in [1.54, 1.807) is 0 Å². The maximum atomic E-state index is 11.8. The Balaban J connectivity index is 1.93. The summed E-state index contributed by atoms with van der Waals surface area (Å²) < 4.78 is 27.7. The van der Waals surface area contributed by atoms with E-state index in [4.69, 9.17) is 35.2 Å². The summed E-state index contributed by atoms with van der Waals surface area (Å²) in [6.45, 7) is -2.45. The number of hydrogen-bond acceptors (Lipinski definition) is 18. The summed E-state index contributed by atoms with van der Waals surface area (Å²) in [7, 11) is 0. The predicted octanol–water partition coefficient (Wildman–Crippen LogP) is -8.12. The average molecular weight is 618 g/mol. The summed E-state index contributed by atoms with van der Waals surface area (Å²) in [5, 5.41) is 103. The number of carboxylic acid groups (broad SMARTS) is 2. The maximum Gasteiger partial charge on any atom is 0.321 e. The second-order valence-electron chi connectivity index (χ2n) is 10.2. The first-order valence-electron chi connectivity index (χ1n) is 13.0. The standard InChI is InChI=1S/C22H39N3O17/c23-10-15(33)17(7(3-27)38-20(10)37)42-22-12(25-5(19(35)36)1-9(29)30)16(34)18(8(4-28)40-22)41-21-11(24)14(32)13(31)6(2-26)39-21/h5-8,10-18,20-22,25-28,31-34,37H,1-4,23-24H2,(H,29,30)(H,35,36)/t5?,6-,7-,8-,10-,11-,12-,13-,14-,15-,16-,17?,18?,20-,21+,22+/m1/s1. The number of nitrogens with two attached hydrogens (primary N) is 2. The molecule has 0 radical (unpaired) electrons. The van der Waals surface area contributed by atoms with Crippen LogP contribution in [0.3, 0.4) is 0 Å². The number of rotatable bonds is 12. The van der Waals surface area contributed by atoms with Gasteiger partial charge in [-0.2, -0.15) is 0 Å². The molecule has 15 N–H and O–H groups in total. The number of aliphatic carboxylic acids is 2. The SMILES string of the molecule is N[C@H]1[C@H](OC2[C@@H](CO)O[C@@H](OC3[C@@H](CO)O[C@@H](O)[C@H](N)[C@H]3O)[C@H](NC(CC(=O)O)C(=O)O)[C@H]2O)O[C@H](CO)[C@@H](O)[C@@H]1O. The Labute approximate surface area is 237 Å². The second-order valence-corrected chi connectivity index (χ2v) is 10.2. The van der Waals surface area contributed by atoms with Gasteiger partial charge in [0.05, 0.1) is 44.4 Å². The zero-order chi connectivity index (χ0) is 31.5. The number of aliphatic hydroxyl groups excluding tert-OH is 8. The third kappa shape index (κ3) is 7.50. The predicted molar refractivity (Wildman–Crippen MR) is 130 cm³/mol. The molecule has 3 fully saturated rings. The van der Waals surface area contributed by atoms with Crippen LogP contribution in [0, 0.1) is 0 Å². The summed E-state index contributed by atoms with van der Waals surface area (Å²) in [5.74, 6) is -3.18. The van der Waals surface area contributed by atoms with Crippen LogP contribution >= 0.6 is 0 Å². The number of aliphatic hydroxyl groups is 8. The van der Waals surface area contributed by atoms with Crippen molar-refractivity contribution in [2.24, 2.45) is 11.5 Å². The van der Waals surface area contributed by atoms with Gasteiger partial charge in [0, 0.05) is 0 Å². The van der Waals surface area contributed by atoms with E-state index in [-0.39, 0.29) is 0 Å². The molecule has 3 unspecified atom stereocenters. The van der Waals surface area contributed by atoms with E-state index >= 15 is 0 Å². The summed E-state index contributed by atoms with van der Waals surface area (Å²) in [5.41, 5.74) is 11.6. The summed E-state index contributed by atoms with van der Waals surface area (Å²) >= 11 is 0. The van der Waals surface area contributed by atoms with Crippen molar-refractivity contribution in [1.82, 2.24) is 5.32 Å². The van der Waals surface area contributed by atoms with Gasteiger partial charge in [-0.3, -0.25) is 14.9 Å². The first-order chi connectivity index (χ1) is 19.7. The fraction of sp³-hybridized carbons (Fsp3) is 0.909. The fourth-order valence-corrected chi connectivity index (χ4v) is 4.96. The Kier molecular flexibility index (Phi) is 12.3. The molecule has 0 bridgehead atoms. The van der Waals surface area contributed by atoms with Crippen molar-refractivity contribution in [2.45, 2.75) is 104 Å². The van der Waals surface area contributed by atoms with Crippen molar-refractivity contribution in [3.8, 4) is 0 Å². The molecule has 0 spiro atoms. The third-order valence-corrected chi connectivity index (χ3v) is 7.36. The highest BCUT2D eigenvalue weighted by Crippen LogP contribution is 2.32. The van der Waals surface area contributed by atoms with Crippen molar-refractivity contribution in [3.63, 3.8) is 0 Å². The van der Waals surface area contributed by atoms with Crippen molar-refractivity contribution >= 4 is 11.9 Å². The molecule has 3 aliphatic rings. The maximum absolute atomic E-state index is 11.8. The van der Waals surface area contributed by atoms with E-state index in [9.17, 15) is 60.7 Å². The Morgan fingerprint density at radius 2 is 1.24 bits per heavy atom. The summed E-state index contributed by atoms with van der Waals surface area (Å²) in [6.07, 6.45) is -20.4. The molecular weight excluding hydrogens is 578 g/mol. The number of nitrogens with one attached hydrogen (secondary N) is 1. The van der Waals surface area contributed by atoms with Gasteiger partial charge in [-0.1, -0.05) is 0 Å². The van der Waals surface area contributed by atoms with E-state index in [0.717, 1.165) is 0 Å². The molecule has 20 heteroatoms. The van der Waals surface area contributed by atoms with E-state index in [0.29, 0.717) is 0 Å². The minimum atomic E-state index is -1.92. The zero-order valence-electron chi connectivity index (χ0n) is 22.1. The van der Waals surface area contributed by atoms with Crippen LogP contribution in [0.5, 0.6) is 0 Å². The van der Waals surface area contributed by atoms with Crippen LogP contribution in [0.2, 0.25) is 0 Å². The first kappa shape index (κ1) is 34.8. The monoisotopic (exact) mass is 617 g/mol. The Bertz CT molecular complexity index is 900. The van der Waals surface area contributed by atoms with E-state index in [1.807, 2.05) is 0 Å². The molecule has 0 amide bonds. The van der Waals surface area contributed by atoms with E-state index in [2.05, 4.69) is 5.32 Å². The number of hydrogen-bond donors (Lipinski definition) is 13. The van der Waals surface area contributed by atoms with Crippen LogP contribution in [0.1, 0.15) is 6.42 Å². The van der Waals surface area contributed by atoms with Gasteiger partial charge >= 0.3 is 11.9 Å². The molecule has 244 valence electrons. The molecule has 3 aliphatic heterocycles. The second kappa shape index (κ2) is 14.9. The third-order valence-electron chi connectivity index (χ3n) is 7.36. The van der Waals surface area contributed by atoms with Gasteiger partial charge in [-0.25, -0.2) is 0 Å². The Hall–Kier alpha value is -1.70. The van der Waals surface area contributed by atoms with Crippen molar-refractivity contribution in [2.75, 3.05) is 19.8 Å². The molecule has 0 aromatic carbocycles. The van der Waals surface area contributed by atoms with Gasteiger partial charge in [0.15, 0.2) is 18.9 Å². The van der Waals surface area contributed by atoms with Crippen molar-refractivity contribution in [3.05, 3.63) is 0 Å². The molecule has 0 aromatic rings. The molecule has 42 heavy (non-hydrogen) atoms. The highest BCUT2D eigenvalue weighted by atomic mass is 16.7. The minimum Gasteiger partial charge on any atom is -0.481 e. The van der Waals surface area contributed by atoms with E-state index < -0.39 is 136 Å². The summed E-state index contributed by atoms with van der Waals surface area (Å²) in [6, 6.07) is -6.43. The van der Waals surface area contributed by atoms with Gasteiger partial charge < -0.3 is 86.2 Å². The van der Waals surface area contributed by atoms with Gasteiger partial charge in [-0.15, -0.1) is 0 Å². The average Bonchev–Trinajstić information content (AvgIpc) is 2.95. The lowest BCUT2D eigenvalue weighted by atomic mass is 9.93. The molecule has 0 saturated carbocycles. The van der Waals surface area contributed by atoms with Crippen LogP contribution in [0.4, 0.5) is 0 Å². The molecule has 0 aliphatic carbocycles. The lowest BCUT2D eigenvalue weighted by Gasteiger charge is -2.49. The van der Waals surface area contributed by atoms with Crippen LogP contribution in [0.15, 0.2) is 0 Å². The quantitative estimate of drug-likeness (QED) is 0.0966. The topological polar surface area (TPSA) is 347 Å². The lowest BCUT2D eigenvalue weighted by Crippen LogP contribution is -2.71. The molecular formula is C22H39N3O17. The van der Waals surface area contributed by atoms with Crippen LogP contribution in [-0.2, 0) is 33.3 Å². The van der Waals surface area contributed by atoms with Crippen LogP contribution in [-0.4, -0.2) is 181 Å². The van der Waals surface area contributed by atoms with Crippen LogP contribution < -0.4 is 16.8 Å². The first-order valence-corrected chi connectivity index (χ1v) is 13.0. The minimum absolute atomic E-state index is 0.762. The Morgan fingerprint density at radius 3 is 1.79 bits per heavy atom. The molecule has 20 nitrogen and oxygen atoms in total. The van der Waals surface area contributed by atoms with Gasteiger partial charge in [0.2, 0.25) is 0 Å². The van der Waals surface area contributed by atoms with Crippen LogP contribution in [0.25, 0.3) is 0 Å². The smallest absolute Gasteiger partial charge is 0.321 e. The molecule has 3 saturated heterocycles. The van der Waals surface area contributed by atoms with Crippen molar-refractivity contribution in [1.29, 1.82) is 0 Å². The molecule has 3 rings (SSSR count). The largest absolute Gasteiger partial charge is 0.481 e. The zero-order valence-corrected chi connectivity index (χ0v) is 22.1. The molecule has 3 heterocycles. The van der Waals surface area contributed by atoms with Gasteiger partial charge in [0.1, 0.15) is 61.0 Å². The number of carboxylic acids is 2. The number of ether oxygens (including phenoxy) is 5. The van der Waals surface area contributed by atoms with Gasteiger partial charge in [-0.05, 0) is 0 Å². The van der Waals surface area contributed by atoms with E-state index in [1.165, 1.54) is 0 Å². The normalized spacial score (nSPS) is 45.3. The number of carbonyl (C=O) groups is 2. The van der Waals surface area contributed by atoms with Crippen molar-refractivity contribution < 1.29 is 84.3 Å². The molecule has 0 aromatic heterocycles. The van der Waals surface area contributed by atoms with Gasteiger partial charge in [0.25, 0.3) is 0 Å². The fourth-order valence-electron chi connectivity index (χ4n) is 4.96. The highest BCUT2D eigenvalue weighted by molar-refractivity contribution is 5.80. The molecule has 16 atom stereocenters.